The molecule has 2 aromatic carbocycles. The van der Waals surface area contributed by atoms with Crippen LogP contribution in [-0.4, -0.2) is 6.29 Å². The van der Waals surface area contributed by atoms with Crippen LogP contribution in [0.1, 0.15) is 22.8 Å². The molecule has 2 rings (SSSR count). The summed E-state index contributed by atoms with van der Waals surface area (Å²) in [5.74, 6) is 0. The SMILES string of the molecule is CCc1ccccc1.O=Cc1ccccc1. The van der Waals surface area contributed by atoms with Crippen LogP contribution in [0.3, 0.4) is 0 Å². The smallest absolute Gasteiger partial charge is 0.150 e. The molecule has 0 saturated heterocycles. The Balaban J connectivity index is 0.000000160. The van der Waals surface area contributed by atoms with Gasteiger partial charge in [0.15, 0.2) is 0 Å². The summed E-state index contributed by atoms with van der Waals surface area (Å²) in [5.41, 5.74) is 2.14. The number of rotatable bonds is 2. The van der Waals surface area contributed by atoms with E-state index < -0.39 is 0 Å². The fraction of sp³-hybridized carbons (Fsp3) is 0.133. The molecule has 0 heterocycles. The minimum atomic E-state index is 0.729. The maximum Gasteiger partial charge on any atom is 0.150 e. The first-order chi connectivity index (χ1) is 7.86. The summed E-state index contributed by atoms with van der Waals surface area (Å²) in [7, 11) is 0. The summed E-state index contributed by atoms with van der Waals surface area (Å²) in [4.78, 5) is 10.0. The van der Waals surface area contributed by atoms with Gasteiger partial charge in [0.05, 0.1) is 0 Å². The van der Waals surface area contributed by atoms with E-state index in [9.17, 15) is 4.79 Å². The highest BCUT2D eigenvalue weighted by Gasteiger charge is 1.80. The predicted octanol–water partition coefficient (Wildman–Crippen LogP) is 3.75. The summed E-state index contributed by atoms with van der Waals surface area (Å²) >= 11 is 0. The van der Waals surface area contributed by atoms with Crippen molar-refractivity contribution >= 4 is 6.29 Å². The zero-order valence-corrected chi connectivity index (χ0v) is 9.47. The molecular formula is C15H16O. The lowest BCUT2D eigenvalue weighted by Crippen LogP contribution is -1.73. The van der Waals surface area contributed by atoms with Gasteiger partial charge in [-0.3, -0.25) is 4.79 Å². The Morgan fingerprint density at radius 3 is 1.69 bits per heavy atom. The average Bonchev–Trinajstić information content (AvgIpc) is 2.41. The van der Waals surface area contributed by atoms with Crippen molar-refractivity contribution in [2.24, 2.45) is 0 Å². The van der Waals surface area contributed by atoms with Gasteiger partial charge in [0.25, 0.3) is 0 Å². The molecule has 1 heteroatoms. The first kappa shape index (κ1) is 12.2. The van der Waals surface area contributed by atoms with E-state index in [1.54, 1.807) is 12.1 Å². The van der Waals surface area contributed by atoms with Gasteiger partial charge in [-0.2, -0.15) is 0 Å². The zero-order chi connectivity index (χ0) is 11.6. The number of hydrogen-bond acceptors (Lipinski definition) is 1. The molecule has 2 aromatic rings. The minimum absolute atomic E-state index is 0.729. The Kier molecular flexibility index (Phi) is 5.64. The Hall–Kier alpha value is -1.89. The highest BCUT2D eigenvalue weighted by molar-refractivity contribution is 5.74. The highest BCUT2D eigenvalue weighted by atomic mass is 16.1. The Morgan fingerprint density at radius 1 is 0.875 bits per heavy atom. The molecule has 1 nitrogen and oxygen atoms in total. The Labute approximate surface area is 96.8 Å². The largest absolute Gasteiger partial charge is 0.298 e. The molecule has 0 saturated carbocycles. The van der Waals surface area contributed by atoms with Crippen LogP contribution in [0.15, 0.2) is 60.7 Å². The zero-order valence-electron chi connectivity index (χ0n) is 9.47. The number of carbonyl (C=O) groups is 1. The van der Waals surface area contributed by atoms with Crippen molar-refractivity contribution in [1.82, 2.24) is 0 Å². The summed E-state index contributed by atoms with van der Waals surface area (Å²) in [6, 6.07) is 19.6. The summed E-state index contributed by atoms with van der Waals surface area (Å²) < 4.78 is 0. The fourth-order valence-corrected chi connectivity index (χ4v) is 1.25. The second kappa shape index (κ2) is 7.41. The molecule has 0 aliphatic heterocycles. The Bertz CT molecular complexity index is 392. The standard InChI is InChI=1S/C8H10.C7H6O/c1-2-8-6-4-3-5-7-8;8-6-7-4-2-1-3-5-7/h3-7H,2H2,1H3;1-6H. The molecule has 0 aliphatic rings. The fourth-order valence-electron chi connectivity index (χ4n) is 1.25. The van der Waals surface area contributed by atoms with Crippen molar-refractivity contribution in [3.63, 3.8) is 0 Å². The van der Waals surface area contributed by atoms with Crippen molar-refractivity contribution in [3.05, 3.63) is 71.8 Å². The molecule has 0 fully saturated rings. The molecule has 0 aliphatic carbocycles. The van der Waals surface area contributed by atoms with Crippen molar-refractivity contribution in [2.45, 2.75) is 13.3 Å². The van der Waals surface area contributed by atoms with Crippen LogP contribution in [0, 0.1) is 0 Å². The molecule has 0 radical (unpaired) electrons. The number of aryl methyl sites for hydroxylation is 1. The molecule has 16 heavy (non-hydrogen) atoms. The van der Waals surface area contributed by atoms with Gasteiger partial charge in [-0.15, -0.1) is 0 Å². The van der Waals surface area contributed by atoms with E-state index in [1.807, 2.05) is 24.3 Å². The topological polar surface area (TPSA) is 17.1 Å². The maximum absolute atomic E-state index is 10.0. The molecule has 0 amide bonds. The van der Waals surface area contributed by atoms with Gasteiger partial charge in [-0.25, -0.2) is 0 Å². The predicted molar refractivity (Wildman–Crippen MR) is 67.6 cm³/mol. The van der Waals surface area contributed by atoms with Crippen LogP contribution < -0.4 is 0 Å². The van der Waals surface area contributed by atoms with E-state index in [4.69, 9.17) is 0 Å². The van der Waals surface area contributed by atoms with E-state index in [0.717, 1.165) is 18.3 Å². The van der Waals surface area contributed by atoms with Crippen LogP contribution in [0.25, 0.3) is 0 Å². The quantitative estimate of drug-likeness (QED) is 0.693. The molecule has 0 spiro atoms. The van der Waals surface area contributed by atoms with E-state index >= 15 is 0 Å². The summed E-state index contributed by atoms with van der Waals surface area (Å²) in [6.07, 6.45) is 1.97. The highest BCUT2D eigenvalue weighted by Crippen LogP contribution is 1.96. The van der Waals surface area contributed by atoms with Crippen LogP contribution in [-0.2, 0) is 6.42 Å². The number of hydrogen-bond donors (Lipinski definition) is 0. The minimum Gasteiger partial charge on any atom is -0.298 e. The van der Waals surface area contributed by atoms with Crippen molar-refractivity contribution in [3.8, 4) is 0 Å². The molecular weight excluding hydrogens is 196 g/mol. The van der Waals surface area contributed by atoms with Crippen LogP contribution in [0.2, 0.25) is 0 Å². The molecule has 0 atom stereocenters. The monoisotopic (exact) mass is 212 g/mol. The normalized spacial score (nSPS) is 8.81. The third-order valence-electron chi connectivity index (χ3n) is 2.19. The van der Waals surface area contributed by atoms with Gasteiger partial charge < -0.3 is 0 Å². The van der Waals surface area contributed by atoms with E-state index in [-0.39, 0.29) is 0 Å². The van der Waals surface area contributed by atoms with Crippen LogP contribution in [0.5, 0.6) is 0 Å². The molecule has 82 valence electrons. The average molecular weight is 212 g/mol. The van der Waals surface area contributed by atoms with Gasteiger partial charge in [0, 0.05) is 5.56 Å². The molecule has 0 N–H and O–H groups in total. The first-order valence-electron chi connectivity index (χ1n) is 5.41. The number of aldehydes is 1. The van der Waals surface area contributed by atoms with E-state index in [0.29, 0.717) is 0 Å². The summed E-state index contributed by atoms with van der Waals surface area (Å²) in [6.45, 7) is 2.16. The van der Waals surface area contributed by atoms with Crippen molar-refractivity contribution in [1.29, 1.82) is 0 Å². The first-order valence-corrected chi connectivity index (χ1v) is 5.41. The van der Waals surface area contributed by atoms with Gasteiger partial charge in [0.1, 0.15) is 6.29 Å². The lowest BCUT2D eigenvalue weighted by molar-refractivity contribution is 0.112. The van der Waals surface area contributed by atoms with Gasteiger partial charge >= 0.3 is 0 Å². The van der Waals surface area contributed by atoms with Gasteiger partial charge in [-0.05, 0) is 12.0 Å². The van der Waals surface area contributed by atoms with Crippen LogP contribution in [0.4, 0.5) is 0 Å². The second-order valence-corrected chi connectivity index (χ2v) is 3.37. The number of benzene rings is 2. The Morgan fingerprint density at radius 2 is 1.38 bits per heavy atom. The van der Waals surface area contributed by atoms with Crippen LogP contribution >= 0.6 is 0 Å². The lowest BCUT2D eigenvalue weighted by atomic mass is 10.2. The van der Waals surface area contributed by atoms with E-state index in [2.05, 4.69) is 31.2 Å². The third-order valence-corrected chi connectivity index (χ3v) is 2.19. The summed E-state index contributed by atoms with van der Waals surface area (Å²) in [5, 5.41) is 0. The van der Waals surface area contributed by atoms with Crippen molar-refractivity contribution < 1.29 is 4.79 Å². The molecule has 0 bridgehead atoms. The maximum atomic E-state index is 10.0. The van der Waals surface area contributed by atoms with E-state index in [1.165, 1.54) is 5.56 Å². The molecule has 0 aromatic heterocycles. The molecule has 0 unspecified atom stereocenters. The van der Waals surface area contributed by atoms with Gasteiger partial charge in [0.2, 0.25) is 0 Å². The van der Waals surface area contributed by atoms with Crippen molar-refractivity contribution in [2.75, 3.05) is 0 Å². The number of carbonyl (C=O) groups excluding carboxylic acids is 1. The lowest BCUT2D eigenvalue weighted by Gasteiger charge is -1.89. The second-order valence-electron chi connectivity index (χ2n) is 3.37. The third kappa shape index (κ3) is 4.56. The van der Waals surface area contributed by atoms with Gasteiger partial charge in [-0.1, -0.05) is 67.6 Å².